The second-order valence-corrected chi connectivity index (χ2v) is 3.55. The molecule has 4 nitrogen and oxygen atoms in total. The van der Waals surface area contributed by atoms with Crippen LogP contribution in [0.25, 0.3) is 0 Å². The van der Waals surface area contributed by atoms with E-state index in [1.807, 2.05) is 0 Å². The van der Waals surface area contributed by atoms with Crippen LogP contribution >= 0.6 is 12.4 Å². The first kappa shape index (κ1) is 19.5. The van der Waals surface area contributed by atoms with Crippen LogP contribution in [0.3, 0.4) is 0 Å². The van der Waals surface area contributed by atoms with Crippen molar-refractivity contribution in [2.75, 3.05) is 0 Å². The van der Waals surface area contributed by atoms with E-state index in [9.17, 15) is 13.2 Å². The lowest BCUT2D eigenvalue weighted by atomic mass is 10.1. The fourth-order valence-electron chi connectivity index (χ4n) is 1.08. The van der Waals surface area contributed by atoms with Gasteiger partial charge in [0.15, 0.2) is 0 Å². The molecule has 1 aromatic carbocycles. The molecule has 0 fully saturated rings. The molecule has 0 aliphatic heterocycles. The summed E-state index contributed by atoms with van der Waals surface area (Å²) in [4.78, 5) is 0. The number of aryl methyl sites for hydroxylation is 2. The summed E-state index contributed by atoms with van der Waals surface area (Å²) in [5.74, 6) is -0.102. The zero-order chi connectivity index (χ0) is 13.6. The lowest BCUT2D eigenvalue weighted by molar-refractivity contribution is -0.275. The summed E-state index contributed by atoms with van der Waals surface area (Å²) >= 11 is -2.36. The van der Waals surface area contributed by atoms with Crippen molar-refractivity contribution >= 4 is 23.7 Å². The van der Waals surface area contributed by atoms with Crippen LogP contribution in [0.5, 0.6) is 5.75 Å². The molecule has 18 heavy (non-hydrogen) atoms. The van der Waals surface area contributed by atoms with E-state index in [0.29, 0.717) is 11.1 Å². The number of nitrogens with two attached hydrogens (primary N) is 1. The number of alkyl halides is 3. The second kappa shape index (κ2) is 8.30. The average Bonchev–Trinajstić information content (AvgIpc) is 2.09. The Bertz CT molecular complexity index is 377. The molecule has 1 atom stereocenters. The summed E-state index contributed by atoms with van der Waals surface area (Å²) in [5, 5.41) is 4.03. The summed E-state index contributed by atoms with van der Waals surface area (Å²) in [5.41, 5.74) is 0.967. The quantitative estimate of drug-likeness (QED) is 0.809. The Kier molecular flexibility index (Phi) is 9.00. The molecule has 0 bridgehead atoms. The SMILES string of the molecule is Cc1cccc(C)c1OC(F)(F)F.Cl.NS(=O)[O-]. The highest BCUT2D eigenvalue weighted by Crippen LogP contribution is 2.28. The maximum atomic E-state index is 11.9. The van der Waals surface area contributed by atoms with E-state index in [0.717, 1.165) is 0 Å². The first-order chi connectivity index (χ1) is 7.63. The third-order valence-corrected chi connectivity index (χ3v) is 1.63. The normalized spacial score (nSPS) is 11.7. The van der Waals surface area contributed by atoms with E-state index in [2.05, 4.69) is 9.88 Å². The van der Waals surface area contributed by atoms with E-state index in [1.54, 1.807) is 32.0 Å². The van der Waals surface area contributed by atoms with E-state index in [1.165, 1.54) is 0 Å². The predicted octanol–water partition coefficient (Wildman–Crippen LogP) is 2.36. The molecular formula is C9H12ClF3NO3S-. The van der Waals surface area contributed by atoms with E-state index in [-0.39, 0.29) is 18.2 Å². The summed E-state index contributed by atoms with van der Waals surface area (Å²) in [6.07, 6.45) is -4.61. The third-order valence-electron chi connectivity index (χ3n) is 1.63. The minimum atomic E-state index is -4.61. The Hall–Kier alpha value is -0.830. The summed E-state index contributed by atoms with van der Waals surface area (Å²) in [7, 11) is 0. The summed E-state index contributed by atoms with van der Waals surface area (Å²) in [6.45, 7) is 3.15. The Morgan fingerprint density at radius 1 is 1.28 bits per heavy atom. The van der Waals surface area contributed by atoms with Crippen molar-refractivity contribution in [2.45, 2.75) is 20.2 Å². The second-order valence-electron chi connectivity index (χ2n) is 3.03. The molecule has 1 rings (SSSR count). The number of hydrogen-bond acceptors (Lipinski definition) is 3. The van der Waals surface area contributed by atoms with Crippen LogP contribution in [-0.4, -0.2) is 15.1 Å². The molecular weight excluding hydrogens is 295 g/mol. The Morgan fingerprint density at radius 2 is 1.61 bits per heavy atom. The van der Waals surface area contributed by atoms with Crippen molar-refractivity contribution in [3.8, 4) is 5.75 Å². The highest BCUT2D eigenvalue weighted by atomic mass is 35.5. The molecule has 1 aromatic rings. The first-order valence-corrected chi connectivity index (χ1v) is 5.43. The summed E-state index contributed by atoms with van der Waals surface area (Å²) < 4.78 is 57.1. The van der Waals surface area contributed by atoms with Crippen molar-refractivity contribution in [1.29, 1.82) is 0 Å². The van der Waals surface area contributed by atoms with Gasteiger partial charge in [0.1, 0.15) is 5.75 Å². The van der Waals surface area contributed by atoms with E-state index in [4.69, 9.17) is 8.76 Å². The molecule has 0 radical (unpaired) electrons. The van der Waals surface area contributed by atoms with Gasteiger partial charge >= 0.3 is 6.36 Å². The molecule has 0 amide bonds. The van der Waals surface area contributed by atoms with Crippen LogP contribution in [-0.2, 0) is 11.3 Å². The van der Waals surface area contributed by atoms with Crippen LogP contribution in [0, 0.1) is 13.8 Å². The zero-order valence-corrected chi connectivity index (χ0v) is 11.1. The van der Waals surface area contributed by atoms with E-state index >= 15 is 0 Å². The van der Waals surface area contributed by atoms with Gasteiger partial charge in [0.05, 0.1) is 0 Å². The van der Waals surface area contributed by atoms with E-state index < -0.39 is 17.6 Å². The van der Waals surface area contributed by atoms with Crippen molar-refractivity contribution < 1.29 is 26.7 Å². The molecule has 0 aliphatic carbocycles. The molecule has 0 aliphatic rings. The lowest BCUT2D eigenvalue weighted by Crippen LogP contribution is -2.18. The van der Waals surface area contributed by atoms with Crippen LogP contribution in [0.2, 0.25) is 0 Å². The fourth-order valence-corrected chi connectivity index (χ4v) is 1.08. The topological polar surface area (TPSA) is 75.4 Å². The Labute approximate surface area is 111 Å². The van der Waals surface area contributed by atoms with Crippen molar-refractivity contribution in [3.05, 3.63) is 29.3 Å². The Balaban J connectivity index is 0. The lowest BCUT2D eigenvalue weighted by Gasteiger charge is -2.13. The number of hydrogen-bond donors (Lipinski definition) is 1. The monoisotopic (exact) mass is 306 g/mol. The molecule has 0 aromatic heterocycles. The minimum absolute atomic E-state index is 0. The van der Waals surface area contributed by atoms with Gasteiger partial charge < -0.3 is 9.29 Å². The van der Waals surface area contributed by atoms with Crippen molar-refractivity contribution in [3.63, 3.8) is 0 Å². The smallest absolute Gasteiger partial charge is 0.573 e. The highest BCUT2D eigenvalue weighted by molar-refractivity contribution is 7.76. The third kappa shape index (κ3) is 9.23. The molecule has 0 saturated heterocycles. The Morgan fingerprint density at radius 3 is 1.89 bits per heavy atom. The average molecular weight is 307 g/mol. The van der Waals surface area contributed by atoms with Gasteiger partial charge in [-0.15, -0.1) is 25.6 Å². The zero-order valence-electron chi connectivity index (χ0n) is 9.48. The van der Waals surface area contributed by atoms with Gasteiger partial charge in [0.25, 0.3) is 0 Å². The molecule has 9 heteroatoms. The van der Waals surface area contributed by atoms with Gasteiger partial charge in [0.2, 0.25) is 0 Å². The highest BCUT2D eigenvalue weighted by Gasteiger charge is 2.32. The molecule has 0 heterocycles. The molecule has 2 N–H and O–H groups in total. The first-order valence-electron chi connectivity index (χ1n) is 4.29. The van der Waals surface area contributed by atoms with Gasteiger partial charge in [-0.1, -0.05) is 18.2 Å². The maximum absolute atomic E-state index is 11.9. The predicted molar refractivity (Wildman–Crippen MR) is 63.0 cm³/mol. The number of benzene rings is 1. The molecule has 0 spiro atoms. The van der Waals surface area contributed by atoms with Gasteiger partial charge in [-0.05, 0) is 25.0 Å². The van der Waals surface area contributed by atoms with Crippen molar-refractivity contribution in [1.82, 2.24) is 0 Å². The molecule has 0 saturated carbocycles. The van der Waals surface area contributed by atoms with Crippen LogP contribution in [0.1, 0.15) is 11.1 Å². The number of rotatable bonds is 1. The van der Waals surface area contributed by atoms with Crippen LogP contribution in [0.4, 0.5) is 13.2 Å². The van der Waals surface area contributed by atoms with Gasteiger partial charge in [-0.3, -0.25) is 9.35 Å². The van der Waals surface area contributed by atoms with Gasteiger partial charge in [-0.25, -0.2) is 0 Å². The molecule has 1 unspecified atom stereocenters. The van der Waals surface area contributed by atoms with Crippen LogP contribution < -0.4 is 9.88 Å². The van der Waals surface area contributed by atoms with Crippen molar-refractivity contribution in [2.24, 2.45) is 5.14 Å². The minimum Gasteiger partial charge on any atom is -0.760 e. The number of ether oxygens (including phenoxy) is 1. The van der Waals surface area contributed by atoms with Gasteiger partial charge in [-0.2, -0.15) is 0 Å². The fraction of sp³-hybridized carbons (Fsp3) is 0.333. The summed E-state index contributed by atoms with van der Waals surface area (Å²) in [6, 6.07) is 4.84. The number of halogens is 4. The largest absolute Gasteiger partial charge is 0.760 e. The van der Waals surface area contributed by atoms with Crippen LogP contribution in [0.15, 0.2) is 18.2 Å². The standard InChI is InChI=1S/C9H9F3O.ClH.H3NO2S/c1-6-4-3-5-7(2)8(6)13-9(10,11)12;;1-4(2)3/h3-5H,1-2H3;1H;1H2,(H,2,3)/p-1. The van der Waals surface area contributed by atoms with Gasteiger partial charge in [0, 0.05) is 11.3 Å². The molecule has 106 valence electrons. The number of para-hydroxylation sites is 1. The maximum Gasteiger partial charge on any atom is 0.573 e.